The summed E-state index contributed by atoms with van der Waals surface area (Å²) in [6.07, 6.45) is 0.148. The summed E-state index contributed by atoms with van der Waals surface area (Å²) in [7, 11) is 0. The van der Waals surface area contributed by atoms with E-state index >= 15 is 0 Å². The average Bonchev–Trinajstić information content (AvgIpc) is 2.77. The van der Waals surface area contributed by atoms with Gasteiger partial charge in [0.25, 0.3) is 5.91 Å². The lowest BCUT2D eigenvalue weighted by atomic mass is 10.1. The number of amides is 2. The second-order valence-corrected chi connectivity index (χ2v) is 5.35. The highest BCUT2D eigenvalue weighted by atomic mass is 16.5. The van der Waals surface area contributed by atoms with Crippen LogP contribution in [0.25, 0.3) is 0 Å². The van der Waals surface area contributed by atoms with Crippen LogP contribution in [0.2, 0.25) is 0 Å². The van der Waals surface area contributed by atoms with Crippen molar-refractivity contribution in [1.82, 2.24) is 5.32 Å². The Balaban J connectivity index is 1.73. The van der Waals surface area contributed by atoms with Gasteiger partial charge in [0.1, 0.15) is 12.4 Å². The first-order chi connectivity index (χ1) is 11.7. The van der Waals surface area contributed by atoms with Crippen LogP contribution in [0, 0.1) is 11.3 Å². The van der Waals surface area contributed by atoms with E-state index in [1.165, 1.54) is 0 Å². The first-order valence-electron chi connectivity index (χ1n) is 7.49. The Labute approximate surface area is 139 Å². The normalized spacial score (nSPS) is 12.9. The maximum Gasteiger partial charge on any atom is 0.255 e. The van der Waals surface area contributed by atoms with E-state index in [2.05, 4.69) is 10.6 Å². The summed E-state index contributed by atoms with van der Waals surface area (Å²) in [5.41, 5.74) is 2.19. The Kier molecular flexibility index (Phi) is 4.43. The molecule has 2 N–H and O–H groups in total. The molecule has 0 radical (unpaired) electrons. The van der Waals surface area contributed by atoms with Crippen LogP contribution in [-0.2, 0) is 11.2 Å². The van der Waals surface area contributed by atoms with E-state index in [-0.39, 0.29) is 18.2 Å². The SMILES string of the molecule is N#Cc1cccc(CC(=O)Nc2ccc3c(c2)C(=O)NCCO3)c1. The number of ether oxygens (including phenoxy) is 1. The number of nitriles is 1. The van der Waals surface area contributed by atoms with Crippen molar-refractivity contribution in [2.24, 2.45) is 0 Å². The topological polar surface area (TPSA) is 91.2 Å². The number of fused-ring (bicyclic) bond motifs is 1. The van der Waals surface area contributed by atoms with Crippen molar-refractivity contribution in [3.63, 3.8) is 0 Å². The monoisotopic (exact) mass is 321 g/mol. The highest BCUT2D eigenvalue weighted by Crippen LogP contribution is 2.24. The second-order valence-electron chi connectivity index (χ2n) is 5.35. The Hall–Kier alpha value is -3.33. The van der Waals surface area contributed by atoms with Gasteiger partial charge in [-0.25, -0.2) is 0 Å². The average molecular weight is 321 g/mol. The molecule has 0 bridgehead atoms. The zero-order valence-electron chi connectivity index (χ0n) is 12.8. The van der Waals surface area contributed by atoms with Gasteiger partial charge in [0.2, 0.25) is 5.91 Å². The third-order valence-corrected chi connectivity index (χ3v) is 3.57. The molecule has 0 atom stereocenters. The van der Waals surface area contributed by atoms with Gasteiger partial charge in [0, 0.05) is 5.69 Å². The van der Waals surface area contributed by atoms with Crippen LogP contribution >= 0.6 is 0 Å². The molecule has 2 aromatic rings. The summed E-state index contributed by atoms with van der Waals surface area (Å²) >= 11 is 0. The van der Waals surface area contributed by atoms with Crippen LogP contribution in [0.15, 0.2) is 42.5 Å². The minimum absolute atomic E-state index is 0.148. The molecule has 0 aliphatic carbocycles. The molecule has 1 aliphatic rings. The molecule has 6 nitrogen and oxygen atoms in total. The Morgan fingerprint density at radius 2 is 2.17 bits per heavy atom. The maximum absolute atomic E-state index is 12.2. The van der Waals surface area contributed by atoms with Crippen molar-refractivity contribution in [3.8, 4) is 11.8 Å². The molecule has 1 heterocycles. The minimum atomic E-state index is -0.222. The highest BCUT2D eigenvalue weighted by molar-refractivity contribution is 6.00. The fraction of sp³-hybridized carbons (Fsp3) is 0.167. The summed E-state index contributed by atoms with van der Waals surface area (Å²) in [6.45, 7) is 0.865. The van der Waals surface area contributed by atoms with E-state index < -0.39 is 0 Å². The largest absolute Gasteiger partial charge is 0.491 e. The predicted molar refractivity (Wildman–Crippen MR) is 87.8 cm³/mol. The van der Waals surface area contributed by atoms with Crippen LogP contribution in [0.3, 0.4) is 0 Å². The van der Waals surface area contributed by atoms with Gasteiger partial charge in [-0.1, -0.05) is 12.1 Å². The zero-order valence-corrected chi connectivity index (χ0v) is 12.8. The molecule has 3 rings (SSSR count). The van der Waals surface area contributed by atoms with Crippen molar-refractivity contribution in [3.05, 3.63) is 59.2 Å². The van der Waals surface area contributed by atoms with E-state index in [4.69, 9.17) is 10.00 Å². The van der Waals surface area contributed by atoms with Crippen molar-refractivity contribution in [2.45, 2.75) is 6.42 Å². The summed E-state index contributed by atoms with van der Waals surface area (Å²) in [5.74, 6) is 0.0602. The highest BCUT2D eigenvalue weighted by Gasteiger charge is 2.17. The number of nitrogens with zero attached hydrogens (tertiary/aromatic N) is 1. The molecule has 2 aromatic carbocycles. The Morgan fingerprint density at radius 1 is 1.29 bits per heavy atom. The quantitative estimate of drug-likeness (QED) is 0.902. The third kappa shape index (κ3) is 3.52. The molecule has 120 valence electrons. The number of hydrogen-bond acceptors (Lipinski definition) is 4. The maximum atomic E-state index is 12.2. The molecule has 6 heteroatoms. The number of benzene rings is 2. The molecule has 24 heavy (non-hydrogen) atoms. The van der Waals surface area contributed by atoms with E-state index in [1.54, 1.807) is 42.5 Å². The van der Waals surface area contributed by atoms with Crippen molar-refractivity contribution >= 4 is 17.5 Å². The molecule has 0 saturated heterocycles. The lowest BCUT2D eigenvalue weighted by Gasteiger charge is -2.09. The molecule has 0 saturated carbocycles. The fourth-order valence-electron chi connectivity index (χ4n) is 2.47. The van der Waals surface area contributed by atoms with Gasteiger partial charge in [-0.15, -0.1) is 0 Å². The Bertz CT molecular complexity index is 840. The number of nitrogens with one attached hydrogen (secondary N) is 2. The van der Waals surface area contributed by atoms with Gasteiger partial charge < -0.3 is 15.4 Å². The van der Waals surface area contributed by atoms with Gasteiger partial charge in [0.05, 0.1) is 30.2 Å². The number of hydrogen-bond donors (Lipinski definition) is 2. The molecule has 1 aliphatic heterocycles. The minimum Gasteiger partial charge on any atom is -0.491 e. The molecular weight excluding hydrogens is 306 g/mol. The summed E-state index contributed by atoms with van der Waals surface area (Å²) in [4.78, 5) is 24.1. The Morgan fingerprint density at radius 3 is 3.00 bits per heavy atom. The summed E-state index contributed by atoms with van der Waals surface area (Å²) in [5, 5.41) is 14.4. The molecule has 0 aromatic heterocycles. The lowest BCUT2D eigenvalue weighted by molar-refractivity contribution is -0.115. The summed E-state index contributed by atoms with van der Waals surface area (Å²) < 4.78 is 5.47. The van der Waals surface area contributed by atoms with Crippen molar-refractivity contribution < 1.29 is 14.3 Å². The molecule has 0 unspecified atom stereocenters. The lowest BCUT2D eigenvalue weighted by Crippen LogP contribution is -2.24. The number of carbonyl (C=O) groups excluding carboxylic acids is 2. The van der Waals surface area contributed by atoms with E-state index in [9.17, 15) is 9.59 Å². The first kappa shape index (κ1) is 15.6. The van der Waals surface area contributed by atoms with Crippen LogP contribution in [-0.4, -0.2) is 25.0 Å². The number of carbonyl (C=O) groups is 2. The van der Waals surface area contributed by atoms with Crippen LogP contribution in [0.5, 0.6) is 5.75 Å². The van der Waals surface area contributed by atoms with E-state index in [0.29, 0.717) is 35.7 Å². The van der Waals surface area contributed by atoms with E-state index in [0.717, 1.165) is 5.56 Å². The molecule has 2 amide bonds. The van der Waals surface area contributed by atoms with E-state index in [1.807, 2.05) is 6.07 Å². The van der Waals surface area contributed by atoms with Gasteiger partial charge in [-0.2, -0.15) is 5.26 Å². The van der Waals surface area contributed by atoms with Crippen molar-refractivity contribution in [2.75, 3.05) is 18.5 Å². The van der Waals surface area contributed by atoms with Gasteiger partial charge >= 0.3 is 0 Å². The molecule has 0 fully saturated rings. The third-order valence-electron chi connectivity index (χ3n) is 3.57. The summed E-state index contributed by atoms with van der Waals surface area (Å²) in [6, 6.07) is 13.9. The number of rotatable bonds is 3. The predicted octanol–water partition coefficient (Wildman–Crippen LogP) is 1.86. The zero-order chi connectivity index (χ0) is 16.9. The van der Waals surface area contributed by atoms with Gasteiger partial charge in [-0.05, 0) is 35.9 Å². The number of anilines is 1. The van der Waals surface area contributed by atoms with Gasteiger partial charge in [-0.3, -0.25) is 9.59 Å². The van der Waals surface area contributed by atoms with Crippen LogP contribution in [0.4, 0.5) is 5.69 Å². The standard InChI is InChI=1S/C18H15N3O3/c19-11-13-3-1-2-12(8-13)9-17(22)21-14-4-5-16-15(10-14)18(23)20-6-7-24-16/h1-5,8,10H,6-7,9H2,(H,20,23)(H,21,22). The molecular formula is C18H15N3O3. The fourth-order valence-corrected chi connectivity index (χ4v) is 2.47. The van der Waals surface area contributed by atoms with Crippen LogP contribution < -0.4 is 15.4 Å². The second kappa shape index (κ2) is 6.84. The van der Waals surface area contributed by atoms with Crippen LogP contribution in [0.1, 0.15) is 21.5 Å². The van der Waals surface area contributed by atoms with Crippen molar-refractivity contribution in [1.29, 1.82) is 5.26 Å². The van der Waals surface area contributed by atoms with Gasteiger partial charge in [0.15, 0.2) is 0 Å². The first-order valence-corrected chi connectivity index (χ1v) is 7.49. The smallest absolute Gasteiger partial charge is 0.255 e. The molecule has 0 spiro atoms.